The Labute approximate surface area is 119 Å². The first-order valence-corrected chi connectivity index (χ1v) is 5.62. The molecular weight excluding hydrogens is 315 g/mol. The van der Waals surface area contributed by atoms with Crippen molar-refractivity contribution in [2.24, 2.45) is 0 Å². The molecule has 0 bridgehead atoms. The Morgan fingerprint density at radius 3 is 2.55 bits per heavy atom. The summed E-state index contributed by atoms with van der Waals surface area (Å²) in [4.78, 5) is 14.9. The lowest BCUT2D eigenvalue weighted by atomic mass is 10.2. The van der Waals surface area contributed by atoms with E-state index in [1.54, 1.807) is 5.10 Å². The average molecular weight is 322 g/mol. The van der Waals surface area contributed by atoms with Crippen LogP contribution in [0.15, 0.2) is 24.3 Å². The zero-order valence-electron chi connectivity index (χ0n) is 10.5. The fourth-order valence-electron chi connectivity index (χ4n) is 1.47. The summed E-state index contributed by atoms with van der Waals surface area (Å²) in [6.07, 6.45) is -4.76. The topological polar surface area (TPSA) is 79.9 Å². The Balaban J connectivity index is 2.18. The van der Waals surface area contributed by atoms with Crippen molar-refractivity contribution in [1.82, 2.24) is 15.2 Å². The molecule has 0 saturated carbocycles. The lowest BCUT2D eigenvalue weighted by molar-refractivity contribution is -0.144. The van der Waals surface area contributed by atoms with E-state index in [4.69, 9.17) is 0 Å². The number of anilines is 1. The van der Waals surface area contributed by atoms with E-state index in [9.17, 15) is 26.7 Å². The third-order valence-electron chi connectivity index (χ3n) is 2.33. The maximum atomic E-state index is 12.3. The molecule has 1 heterocycles. The number of halogens is 5. The Morgan fingerprint density at radius 1 is 1.27 bits per heavy atom. The van der Waals surface area contributed by atoms with Gasteiger partial charge < -0.3 is 4.74 Å². The van der Waals surface area contributed by atoms with Crippen LogP contribution in [-0.2, 0) is 6.18 Å². The first-order valence-electron chi connectivity index (χ1n) is 5.62. The number of rotatable bonds is 4. The van der Waals surface area contributed by atoms with Gasteiger partial charge in [0.25, 0.3) is 5.91 Å². The number of alkyl halides is 5. The molecule has 0 saturated heterocycles. The van der Waals surface area contributed by atoms with Crippen LogP contribution in [0.5, 0.6) is 5.75 Å². The van der Waals surface area contributed by atoms with Gasteiger partial charge in [-0.2, -0.15) is 26.9 Å². The van der Waals surface area contributed by atoms with E-state index in [1.165, 1.54) is 12.1 Å². The highest BCUT2D eigenvalue weighted by Crippen LogP contribution is 2.26. The van der Waals surface area contributed by atoms with Crippen LogP contribution < -0.4 is 10.1 Å². The van der Waals surface area contributed by atoms with Crippen LogP contribution in [0, 0.1) is 0 Å². The Kier molecular flexibility index (Phi) is 4.24. The van der Waals surface area contributed by atoms with E-state index in [0.717, 1.165) is 12.1 Å². The molecule has 0 radical (unpaired) electrons. The fourth-order valence-corrected chi connectivity index (χ4v) is 1.47. The third-order valence-corrected chi connectivity index (χ3v) is 2.33. The highest BCUT2D eigenvalue weighted by molar-refractivity contribution is 6.05. The average Bonchev–Trinajstić information content (AvgIpc) is 2.87. The number of nitrogens with zero attached hydrogens (tertiary/aromatic N) is 2. The van der Waals surface area contributed by atoms with Gasteiger partial charge in [0.05, 0.1) is 5.56 Å². The number of aromatic nitrogens is 3. The molecule has 0 aliphatic carbocycles. The monoisotopic (exact) mass is 322 g/mol. The molecule has 118 valence electrons. The summed E-state index contributed by atoms with van der Waals surface area (Å²) in [6, 6.07) is 4.99. The number of benzene rings is 1. The molecule has 2 aromatic rings. The first kappa shape index (κ1) is 15.7. The SMILES string of the molecule is O=C(Nc1n[nH]c(C(F)(F)F)n1)c1ccccc1OC(F)F. The molecule has 2 N–H and O–H groups in total. The number of carbonyl (C=O) groups is 1. The van der Waals surface area contributed by atoms with Crippen molar-refractivity contribution < 1.29 is 31.5 Å². The van der Waals surface area contributed by atoms with E-state index in [2.05, 4.69) is 14.8 Å². The minimum absolute atomic E-state index is 0.304. The Bertz CT molecular complexity index is 670. The molecule has 0 aliphatic heterocycles. The number of carbonyl (C=O) groups excluding carboxylic acids is 1. The number of hydrogen-bond acceptors (Lipinski definition) is 4. The standard InChI is InChI=1S/C11H7F5N4O2/c12-9(13)22-6-4-2-1-3-5(6)7(21)17-10-18-8(19-20-10)11(14,15)16/h1-4,9H,(H2,17,18,19,20,21). The number of nitrogens with one attached hydrogen (secondary N) is 2. The second-order valence-electron chi connectivity index (χ2n) is 3.83. The van der Waals surface area contributed by atoms with Crippen LogP contribution in [0.4, 0.5) is 27.9 Å². The fraction of sp³-hybridized carbons (Fsp3) is 0.182. The molecule has 2 rings (SSSR count). The third kappa shape index (κ3) is 3.68. The van der Waals surface area contributed by atoms with Gasteiger partial charge in [0.15, 0.2) is 0 Å². The molecule has 0 spiro atoms. The number of H-pyrrole nitrogens is 1. The van der Waals surface area contributed by atoms with Gasteiger partial charge in [-0.3, -0.25) is 15.2 Å². The maximum Gasteiger partial charge on any atom is 0.451 e. The molecule has 1 amide bonds. The van der Waals surface area contributed by atoms with Crippen LogP contribution in [0.2, 0.25) is 0 Å². The zero-order chi connectivity index (χ0) is 16.3. The minimum Gasteiger partial charge on any atom is -0.434 e. The predicted molar refractivity (Wildman–Crippen MR) is 62.4 cm³/mol. The largest absolute Gasteiger partial charge is 0.451 e. The number of ether oxygens (including phenoxy) is 1. The van der Waals surface area contributed by atoms with Crippen LogP contribution in [0.25, 0.3) is 0 Å². The number of para-hydroxylation sites is 1. The van der Waals surface area contributed by atoms with Crippen molar-refractivity contribution in [3.05, 3.63) is 35.7 Å². The lowest BCUT2D eigenvalue weighted by Crippen LogP contribution is -2.16. The summed E-state index contributed by atoms with van der Waals surface area (Å²) < 4.78 is 65.5. The summed E-state index contributed by atoms with van der Waals surface area (Å²) in [7, 11) is 0. The Morgan fingerprint density at radius 2 is 1.95 bits per heavy atom. The number of aromatic amines is 1. The van der Waals surface area contributed by atoms with E-state index >= 15 is 0 Å². The molecule has 1 aromatic heterocycles. The highest BCUT2D eigenvalue weighted by atomic mass is 19.4. The maximum absolute atomic E-state index is 12.3. The van der Waals surface area contributed by atoms with E-state index in [1.807, 2.05) is 5.32 Å². The van der Waals surface area contributed by atoms with Gasteiger partial charge in [0, 0.05) is 0 Å². The summed E-state index contributed by atoms with van der Waals surface area (Å²) in [5.41, 5.74) is -0.304. The van der Waals surface area contributed by atoms with Crippen LogP contribution >= 0.6 is 0 Å². The van der Waals surface area contributed by atoms with Gasteiger partial charge in [-0.1, -0.05) is 12.1 Å². The second kappa shape index (κ2) is 5.95. The van der Waals surface area contributed by atoms with Crippen LogP contribution in [0.3, 0.4) is 0 Å². The van der Waals surface area contributed by atoms with Gasteiger partial charge >= 0.3 is 12.8 Å². The smallest absolute Gasteiger partial charge is 0.434 e. The molecule has 6 nitrogen and oxygen atoms in total. The molecule has 0 unspecified atom stereocenters. The summed E-state index contributed by atoms with van der Waals surface area (Å²) in [5.74, 6) is -3.48. The van der Waals surface area contributed by atoms with Gasteiger partial charge in [0.2, 0.25) is 11.8 Å². The summed E-state index contributed by atoms with van der Waals surface area (Å²) in [5, 5.41) is 6.71. The van der Waals surface area contributed by atoms with E-state index in [-0.39, 0.29) is 5.56 Å². The number of hydrogen-bond donors (Lipinski definition) is 2. The van der Waals surface area contributed by atoms with Crippen molar-refractivity contribution in [3.8, 4) is 5.75 Å². The van der Waals surface area contributed by atoms with Crippen LogP contribution in [-0.4, -0.2) is 27.7 Å². The molecule has 11 heteroatoms. The quantitative estimate of drug-likeness (QED) is 0.848. The first-order chi connectivity index (χ1) is 10.3. The van der Waals surface area contributed by atoms with Crippen molar-refractivity contribution >= 4 is 11.9 Å². The normalized spacial score (nSPS) is 11.5. The van der Waals surface area contributed by atoms with Crippen LogP contribution in [0.1, 0.15) is 16.2 Å². The Hall–Kier alpha value is -2.72. The highest BCUT2D eigenvalue weighted by Gasteiger charge is 2.35. The van der Waals surface area contributed by atoms with E-state index in [0.29, 0.717) is 0 Å². The van der Waals surface area contributed by atoms with Crippen molar-refractivity contribution in [3.63, 3.8) is 0 Å². The predicted octanol–water partition coefficient (Wildman–Crippen LogP) is 2.68. The molecule has 0 fully saturated rings. The van der Waals surface area contributed by atoms with Gasteiger partial charge in [0.1, 0.15) is 5.75 Å². The van der Waals surface area contributed by atoms with Crippen molar-refractivity contribution in [2.45, 2.75) is 12.8 Å². The van der Waals surface area contributed by atoms with E-state index < -0.39 is 36.2 Å². The zero-order valence-corrected chi connectivity index (χ0v) is 10.5. The van der Waals surface area contributed by atoms with Gasteiger partial charge in [-0.25, -0.2) is 0 Å². The van der Waals surface area contributed by atoms with Crippen molar-refractivity contribution in [2.75, 3.05) is 5.32 Å². The molecular formula is C11H7F5N4O2. The molecule has 1 aromatic carbocycles. The second-order valence-corrected chi connectivity index (χ2v) is 3.83. The summed E-state index contributed by atoms with van der Waals surface area (Å²) >= 11 is 0. The van der Waals surface area contributed by atoms with Gasteiger partial charge in [-0.15, -0.1) is 5.10 Å². The molecule has 0 atom stereocenters. The minimum atomic E-state index is -4.76. The lowest BCUT2D eigenvalue weighted by Gasteiger charge is -2.09. The number of amides is 1. The molecule has 22 heavy (non-hydrogen) atoms. The van der Waals surface area contributed by atoms with Gasteiger partial charge in [-0.05, 0) is 12.1 Å². The summed E-state index contributed by atoms with van der Waals surface area (Å²) in [6.45, 7) is -3.16. The molecule has 0 aliphatic rings. The van der Waals surface area contributed by atoms with Crippen molar-refractivity contribution in [1.29, 1.82) is 0 Å².